The third-order valence-electron chi connectivity index (χ3n) is 3.41. The summed E-state index contributed by atoms with van der Waals surface area (Å²) in [5, 5.41) is 4.42. The van der Waals surface area contributed by atoms with E-state index in [1.54, 1.807) is 30.3 Å². The van der Waals surface area contributed by atoms with E-state index in [1.807, 2.05) is 12.2 Å². The molecule has 1 aliphatic rings. The van der Waals surface area contributed by atoms with Crippen LogP contribution >= 0.6 is 0 Å². The Hall–Kier alpha value is -3.23. The van der Waals surface area contributed by atoms with Crippen LogP contribution < -0.4 is 10.6 Å². The van der Waals surface area contributed by atoms with Crippen molar-refractivity contribution < 1.29 is 24.0 Å². The summed E-state index contributed by atoms with van der Waals surface area (Å²) in [6.45, 7) is 1.45. The van der Waals surface area contributed by atoms with Crippen LogP contribution in [0, 0.1) is 0 Å². The molecule has 25 heavy (non-hydrogen) atoms. The van der Waals surface area contributed by atoms with Crippen molar-refractivity contribution in [3.63, 3.8) is 0 Å². The van der Waals surface area contributed by atoms with Gasteiger partial charge in [-0.1, -0.05) is 37.3 Å². The maximum Gasteiger partial charge on any atom is 0.335 e. The summed E-state index contributed by atoms with van der Waals surface area (Å²) in [6, 6.07) is 7.06. The Morgan fingerprint density at radius 2 is 1.64 bits per heavy atom. The molecule has 7 amide bonds. The summed E-state index contributed by atoms with van der Waals surface area (Å²) < 4.78 is 0. The number of amides is 7. The highest BCUT2D eigenvalue weighted by molar-refractivity contribution is 6.45. The second kappa shape index (κ2) is 8.04. The van der Waals surface area contributed by atoms with Crippen LogP contribution in [0.4, 0.5) is 9.59 Å². The van der Waals surface area contributed by atoms with Gasteiger partial charge in [0.1, 0.15) is 6.54 Å². The number of rotatable bonds is 6. The van der Waals surface area contributed by atoms with Crippen LogP contribution in [0.3, 0.4) is 0 Å². The highest BCUT2D eigenvalue weighted by Gasteiger charge is 2.45. The lowest BCUT2D eigenvalue weighted by Crippen LogP contribution is -2.46. The summed E-state index contributed by atoms with van der Waals surface area (Å²) in [5.41, 5.74) is 0.669. The van der Waals surface area contributed by atoms with E-state index in [-0.39, 0.29) is 6.54 Å². The second-order valence-electron chi connectivity index (χ2n) is 5.35. The van der Waals surface area contributed by atoms with Gasteiger partial charge in [0.15, 0.2) is 0 Å². The van der Waals surface area contributed by atoms with Crippen LogP contribution in [-0.2, 0) is 20.9 Å². The Kier molecular flexibility index (Phi) is 5.83. The lowest BCUT2D eigenvalue weighted by molar-refractivity contribution is -0.144. The van der Waals surface area contributed by atoms with Crippen molar-refractivity contribution in [3.8, 4) is 0 Å². The monoisotopic (exact) mass is 346 g/mol. The Morgan fingerprint density at radius 3 is 2.28 bits per heavy atom. The molecule has 0 spiro atoms. The van der Waals surface area contributed by atoms with Crippen LogP contribution in [-0.4, -0.2) is 52.7 Å². The number of nitrogens with one attached hydrogen (secondary N) is 2. The van der Waals surface area contributed by atoms with Crippen LogP contribution in [0.25, 0.3) is 0 Å². The molecule has 2 rings (SSSR count). The molecular weight excluding hydrogens is 328 g/mol. The highest BCUT2D eigenvalue weighted by Crippen LogP contribution is 2.15. The minimum atomic E-state index is -1.09. The fourth-order valence-electron chi connectivity index (χ4n) is 2.19. The van der Waals surface area contributed by atoms with E-state index >= 15 is 0 Å². The minimum Gasteiger partial charge on any atom is -0.338 e. The third-order valence-corrected chi connectivity index (χ3v) is 3.41. The van der Waals surface area contributed by atoms with E-state index in [1.165, 1.54) is 0 Å². The molecule has 0 aromatic heterocycles. The smallest absolute Gasteiger partial charge is 0.335 e. The van der Waals surface area contributed by atoms with Crippen molar-refractivity contribution in [1.82, 2.24) is 20.4 Å². The van der Waals surface area contributed by atoms with Crippen molar-refractivity contribution in [2.45, 2.75) is 19.9 Å². The molecule has 9 nitrogen and oxygen atoms in total. The highest BCUT2D eigenvalue weighted by atomic mass is 16.2. The van der Waals surface area contributed by atoms with E-state index < -0.39 is 36.3 Å². The molecule has 1 heterocycles. The number of hydrogen-bond donors (Lipinski definition) is 2. The van der Waals surface area contributed by atoms with Gasteiger partial charge in [-0.3, -0.25) is 24.6 Å². The van der Waals surface area contributed by atoms with E-state index in [4.69, 9.17) is 0 Å². The molecule has 1 fully saturated rings. The topological polar surface area (TPSA) is 116 Å². The zero-order valence-electron chi connectivity index (χ0n) is 13.7. The summed E-state index contributed by atoms with van der Waals surface area (Å²) in [4.78, 5) is 60.7. The van der Waals surface area contributed by atoms with Gasteiger partial charge in [-0.15, -0.1) is 0 Å². The summed E-state index contributed by atoms with van der Waals surface area (Å²) in [7, 11) is 0. The molecule has 0 bridgehead atoms. The zero-order valence-corrected chi connectivity index (χ0v) is 13.7. The van der Waals surface area contributed by atoms with Crippen LogP contribution in [0.5, 0.6) is 0 Å². The molecule has 1 aromatic carbocycles. The summed E-state index contributed by atoms with van der Waals surface area (Å²) in [6.07, 6.45) is 0.688. The van der Waals surface area contributed by atoms with E-state index in [0.29, 0.717) is 23.4 Å². The maximum atomic E-state index is 12.3. The molecule has 0 saturated carbocycles. The molecule has 1 saturated heterocycles. The molecule has 1 aliphatic heterocycles. The van der Waals surface area contributed by atoms with Crippen molar-refractivity contribution in [1.29, 1.82) is 0 Å². The number of imide groups is 3. The minimum absolute atomic E-state index is 0.0701. The van der Waals surface area contributed by atoms with E-state index in [2.05, 4.69) is 5.32 Å². The Bertz CT molecular complexity index is 704. The molecule has 1 aromatic rings. The lowest BCUT2D eigenvalue weighted by Gasteiger charge is -2.15. The molecular formula is C16H18N4O5. The average Bonchev–Trinajstić information content (AvgIpc) is 2.79. The Labute approximate surface area is 144 Å². The number of hydrogen-bond acceptors (Lipinski definition) is 5. The first-order valence-corrected chi connectivity index (χ1v) is 7.73. The van der Waals surface area contributed by atoms with Crippen LogP contribution in [0.15, 0.2) is 30.3 Å². The normalized spacial score (nSPS) is 14.0. The van der Waals surface area contributed by atoms with Crippen molar-refractivity contribution in [2.75, 3.05) is 13.1 Å². The number of carbonyl (C=O) groups is 5. The Balaban J connectivity index is 1.98. The maximum absolute atomic E-state index is 12.3. The predicted molar refractivity (Wildman–Crippen MR) is 85.9 cm³/mol. The first-order chi connectivity index (χ1) is 11.9. The van der Waals surface area contributed by atoms with Gasteiger partial charge in [0, 0.05) is 6.54 Å². The van der Waals surface area contributed by atoms with Gasteiger partial charge in [0.05, 0.1) is 6.54 Å². The predicted octanol–water partition coefficient (Wildman–Crippen LogP) is 0.213. The van der Waals surface area contributed by atoms with Gasteiger partial charge in [-0.2, -0.15) is 0 Å². The number of carbonyl (C=O) groups excluding carboxylic acids is 5. The third kappa shape index (κ3) is 4.40. The quantitative estimate of drug-likeness (QED) is 0.564. The fourth-order valence-corrected chi connectivity index (χ4v) is 2.19. The Morgan fingerprint density at radius 1 is 1.00 bits per heavy atom. The fraction of sp³-hybridized carbons (Fsp3) is 0.312. The van der Waals surface area contributed by atoms with E-state index in [0.717, 1.165) is 4.90 Å². The summed E-state index contributed by atoms with van der Waals surface area (Å²) in [5.74, 6) is -2.95. The lowest BCUT2D eigenvalue weighted by atomic mass is 10.2. The van der Waals surface area contributed by atoms with Crippen molar-refractivity contribution in [2.24, 2.45) is 0 Å². The molecule has 0 atom stereocenters. The number of urea groups is 2. The van der Waals surface area contributed by atoms with E-state index in [9.17, 15) is 24.0 Å². The first-order valence-electron chi connectivity index (χ1n) is 7.73. The number of nitrogens with zero attached hydrogens (tertiary/aromatic N) is 2. The molecule has 0 unspecified atom stereocenters. The molecule has 2 N–H and O–H groups in total. The standard InChI is InChI=1S/C16H18N4O5/c1-2-8-17-15(24)18-12(21)10-20-14(23)13(22)19(16(20)25)9-11-6-4-3-5-7-11/h3-7H,2,8-10H2,1H3,(H2,17,18,21,24). The molecule has 132 valence electrons. The average molecular weight is 346 g/mol. The van der Waals surface area contributed by atoms with Crippen LogP contribution in [0.1, 0.15) is 18.9 Å². The van der Waals surface area contributed by atoms with Gasteiger partial charge in [0.2, 0.25) is 5.91 Å². The van der Waals surface area contributed by atoms with Gasteiger partial charge in [-0.25, -0.2) is 14.5 Å². The first kappa shape index (κ1) is 18.1. The van der Waals surface area contributed by atoms with Gasteiger partial charge >= 0.3 is 23.9 Å². The molecule has 9 heteroatoms. The van der Waals surface area contributed by atoms with Gasteiger partial charge in [0.25, 0.3) is 0 Å². The number of benzene rings is 1. The SMILES string of the molecule is CCCNC(=O)NC(=O)CN1C(=O)C(=O)N(Cc2ccccc2)C1=O. The molecule has 0 aliphatic carbocycles. The largest absolute Gasteiger partial charge is 0.338 e. The molecule has 0 radical (unpaired) electrons. The van der Waals surface area contributed by atoms with Crippen molar-refractivity contribution in [3.05, 3.63) is 35.9 Å². The van der Waals surface area contributed by atoms with Gasteiger partial charge < -0.3 is 5.32 Å². The summed E-state index contributed by atoms with van der Waals surface area (Å²) >= 11 is 0. The van der Waals surface area contributed by atoms with Crippen LogP contribution in [0.2, 0.25) is 0 Å². The van der Waals surface area contributed by atoms with Gasteiger partial charge in [-0.05, 0) is 12.0 Å². The van der Waals surface area contributed by atoms with Crippen molar-refractivity contribution >= 4 is 29.8 Å². The second-order valence-corrected chi connectivity index (χ2v) is 5.35. The zero-order chi connectivity index (χ0) is 18.4.